The number of pyridine rings is 1. The molecule has 5 nitrogen and oxygen atoms in total. The van der Waals surface area contributed by atoms with Crippen molar-refractivity contribution in [2.45, 2.75) is 58.2 Å². The summed E-state index contributed by atoms with van der Waals surface area (Å²) in [5, 5.41) is 5.11. The number of carbonyl (C=O) groups is 1. The Hall–Kier alpha value is -1.76. The van der Waals surface area contributed by atoms with Crippen molar-refractivity contribution in [3.05, 3.63) is 51.0 Å². The molecular formula is C22H29N3O2S. The van der Waals surface area contributed by atoms with Crippen molar-refractivity contribution in [1.29, 1.82) is 0 Å². The lowest BCUT2D eigenvalue weighted by Crippen LogP contribution is -2.36. The average Bonchev–Trinajstić information content (AvgIpc) is 3.17. The van der Waals surface area contributed by atoms with Gasteiger partial charge in [-0.3, -0.25) is 14.7 Å². The third-order valence-electron chi connectivity index (χ3n) is 5.71. The monoisotopic (exact) mass is 399 g/mol. The van der Waals surface area contributed by atoms with Gasteiger partial charge < -0.3 is 10.1 Å². The maximum absolute atomic E-state index is 12.7. The van der Waals surface area contributed by atoms with Crippen LogP contribution in [0, 0.1) is 0 Å². The van der Waals surface area contributed by atoms with E-state index in [0.29, 0.717) is 6.54 Å². The lowest BCUT2D eigenvalue weighted by Gasteiger charge is -2.27. The Kier molecular flexibility index (Phi) is 6.40. The Morgan fingerprint density at radius 1 is 1.39 bits per heavy atom. The number of thiophene rings is 1. The number of fused-ring (bicyclic) bond motifs is 1. The van der Waals surface area contributed by atoms with E-state index in [4.69, 9.17) is 4.74 Å². The Bertz CT molecular complexity index is 797. The molecule has 0 bridgehead atoms. The molecule has 1 unspecified atom stereocenters. The van der Waals surface area contributed by atoms with Crippen LogP contribution in [0.15, 0.2) is 23.7 Å². The number of nitrogens with zero attached hydrogens (tertiary/aromatic N) is 2. The normalized spacial score (nSPS) is 20.0. The molecule has 0 aliphatic carbocycles. The highest BCUT2D eigenvalue weighted by atomic mass is 32.1. The number of amides is 1. The quantitative estimate of drug-likeness (QED) is 0.807. The number of rotatable bonds is 6. The highest BCUT2D eigenvalue weighted by Gasteiger charge is 2.24. The van der Waals surface area contributed by atoms with Crippen LogP contribution in [0.4, 0.5) is 0 Å². The lowest BCUT2D eigenvalue weighted by molar-refractivity contribution is 0.0169. The van der Waals surface area contributed by atoms with Gasteiger partial charge in [0.25, 0.3) is 5.91 Å². The van der Waals surface area contributed by atoms with Crippen LogP contribution in [-0.2, 0) is 30.7 Å². The van der Waals surface area contributed by atoms with E-state index in [-0.39, 0.29) is 12.0 Å². The maximum atomic E-state index is 12.7. The van der Waals surface area contributed by atoms with Crippen molar-refractivity contribution < 1.29 is 9.53 Å². The van der Waals surface area contributed by atoms with Crippen molar-refractivity contribution in [3.63, 3.8) is 0 Å². The lowest BCUT2D eigenvalue weighted by atomic mass is 10.0. The molecule has 2 aliphatic rings. The molecule has 2 aromatic heterocycles. The first-order chi connectivity index (χ1) is 13.7. The van der Waals surface area contributed by atoms with Gasteiger partial charge in [0.2, 0.25) is 0 Å². The Morgan fingerprint density at radius 3 is 3.07 bits per heavy atom. The zero-order chi connectivity index (χ0) is 19.3. The minimum atomic E-state index is 0.0527. The standard InChI is InChI=1S/C22H29N3O2S/c1-2-16-6-7-17(23-11-16)13-25-9-8-19-20(15-28-21(19)14-25)22(26)24-12-18-5-3-4-10-27-18/h6-7,11,15,18H,2-5,8-10,12-14H2,1H3,(H,24,26). The van der Waals surface area contributed by atoms with Crippen LogP contribution in [0.25, 0.3) is 0 Å². The number of carbonyl (C=O) groups excluding carboxylic acids is 1. The van der Waals surface area contributed by atoms with Crippen molar-refractivity contribution in [2.75, 3.05) is 19.7 Å². The van der Waals surface area contributed by atoms with Crippen LogP contribution in [0.1, 0.15) is 58.2 Å². The fourth-order valence-electron chi connectivity index (χ4n) is 3.96. The predicted octanol–water partition coefficient (Wildman–Crippen LogP) is 3.56. The van der Waals surface area contributed by atoms with E-state index in [1.807, 2.05) is 11.6 Å². The minimum Gasteiger partial charge on any atom is -0.376 e. The summed E-state index contributed by atoms with van der Waals surface area (Å²) in [5.74, 6) is 0.0527. The van der Waals surface area contributed by atoms with E-state index in [2.05, 4.69) is 34.3 Å². The Labute approximate surface area is 171 Å². The molecule has 0 saturated carbocycles. The van der Waals surface area contributed by atoms with Crippen LogP contribution in [0.2, 0.25) is 0 Å². The van der Waals surface area contributed by atoms with Gasteiger partial charge in [0.1, 0.15) is 0 Å². The molecule has 2 aromatic rings. The molecule has 28 heavy (non-hydrogen) atoms. The molecule has 1 atom stereocenters. The van der Waals surface area contributed by atoms with Crippen LogP contribution >= 0.6 is 11.3 Å². The van der Waals surface area contributed by atoms with Gasteiger partial charge in [0, 0.05) is 49.2 Å². The van der Waals surface area contributed by atoms with Gasteiger partial charge in [0.05, 0.1) is 17.4 Å². The number of hydrogen-bond donors (Lipinski definition) is 1. The van der Waals surface area contributed by atoms with E-state index in [9.17, 15) is 4.79 Å². The number of nitrogens with one attached hydrogen (secondary N) is 1. The second-order valence-corrected chi connectivity index (χ2v) is 8.69. The summed E-state index contributed by atoms with van der Waals surface area (Å²) >= 11 is 1.71. The van der Waals surface area contributed by atoms with Crippen molar-refractivity contribution in [1.82, 2.24) is 15.2 Å². The summed E-state index contributed by atoms with van der Waals surface area (Å²) in [5.41, 5.74) is 4.48. The molecule has 1 saturated heterocycles. The van der Waals surface area contributed by atoms with Crippen LogP contribution in [0.3, 0.4) is 0 Å². The Balaban J connectivity index is 1.33. The van der Waals surface area contributed by atoms with Crippen LogP contribution in [0.5, 0.6) is 0 Å². The molecule has 1 fully saturated rings. The van der Waals surface area contributed by atoms with E-state index in [0.717, 1.165) is 63.2 Å². The summed E-state index contributed by atoms with van der Waals surface area (Å²) in [4.78, 5) is 21.0. The summed E-state index contributed by atoms with van der Waals surface area (Å²) in [7, 11) is 0. The average molecular weight is 400 g/mol. The third-order valence-corrected chi connectivity index (χ3v) is 6.73. The predicted molar refractivity (Wildman–Crippen MR) is 112 cm³/mol. The smallest absolute Gasteiger partial charge is 0.252 e. The SMILES string of the molecule is CCc1ccc(CN2CCc3c(C(=O)NCC4CCCCO4)csc3C2)nc1. The third kappa shape index (κ3) is 4.62. The first-order valence-electron chi connectivity index (χ1n) is 10.4. The zero-order valence-corrected chi connectivity index (χ0v) is 17.4. The first-order valence-corrected chi connectivity index (χ1v) is 11.3. The van der Waals surface area contributed by atoms with Gasteiger partial charge in [-0.05, 0) is 49.3 Å². The maximum Gasteiger partial charge on any atom is 0.252 e. The van der Waals surface area contributed by atoms with Gasteiger partial charge in [0.15, 0.2) is 0 Å². The Morgan fingerprint density at radius 2 is 2.32 bits per heavy atom. The number of aromatic nitrogens is 1. The first kappa shape index (κ1) is 19.6. The summed E-state index contributed by atoms with van der Waals surface area (Å²) < 4.78 is 5.72. The van der Waals surface area contributed by atoms with Gasteiger partial charge in [-0.2, -0.15) is 0 Å². The van der Waals surface area contributed by atoms with Crippen molar-refractivity contribution in [3.8, 4) is 0 Å². The van der Waals surface area contributed by atoms with E-state index in [1.165, 1.54) is 22.4 Å². The highest BCUT2D eigenvalue weighted by Crippen LogP contribution is 2.29. The molecule has 4 rings (SSSR count). The molecule has 1 N–H and O–H groups in total. The van der Waals surface area contributed by atoms with E-state index >= 15 is 0 Å². The van der Waals surface area contributed by atoms with Gasteiger partial charge >= 0.3 is 0 Å². The summed E-state index contributed by atoms with van der Waals surface area (Å²) in [6.45, 7) is 6.32. The topological polar surface area (TPSA) is 54.5 Å². The molecular weight excluding hydrogens is 370 g/mol. The minimum absolute atomic E-state index is 0.0527. The molecule has 1 amide bonds. The van der Waals surface area contributed by atoms with Crippen LogP contribution < -0.4 is 5.32 Å². The second-order valence-electron chi connectivity index (χ2n) is 7.72. The van der Waals surface area contributed by atoms with Gasteiger partial charge in [-0.1, -0.05) is 13.0 Å². The molecule has 0 spiro atoms. The van der Waals surface area contributed by atoms with Gasteiger partial charge in [-0.25, -0.2) is 0 Å². The summed E-state index contributed by atoms with van der Waals surface area (Å²) in [6, 6.07) is 4.30. The number of hydrogen-bond acceptors (Lipinski definition) is 5. The molecule has 2 aliphatic heterocycles. The zero-order valence-electron chi connectivity index (χ0n) is 16.6. The van der Waals surface area contributed by atoms with E-state index < -0.39 is 0 Å². The molecule has 0 radical (unpaired) electrons. The van der Waals surface area contributed by atoms with E-state index in [1.54, 1.807) is 11.3 Å². The molecule has 4 heterocycles. The number of aryl methyl sites for hydroxylation is 1. The molecule has 6 heteroatoms. The number of ether oxygens (including phenoxy) is 1. The summed E-state index contributed by atoms with van der Waals surface area (Å²) in [6.07, 6.45) is 7.48. The fraction of sp³-hybridized carbons (Fsp3) is 0.545. The highest BCUT2D eigenvalue weighted by molar-refractivity contribution is 7.10. The van der Waals surface area contributed by atoms with Crippen molar-refractivity contribution in [2.24, 2.45) is 0 Å². The fourth-order valence-corrected chi connectivity index (χ4v) is 5.08. The van der Waals surface area contributed by atoms with Crippen LogP contribution in [-0.4, -0.2) is 41.6 Å². The second kappa shape index (κ2) is 9.16. The molecule has 0 aromatic carbocycles. The largest absolute Gasteiger partial charge is 0.376 e. The van der Waals surface area contributed by atoms with Crippen molar-refractivity contribution >= 4 is 17.2 Å². The van der Waals surface area contributed by atoms with Gasteiger partial charge in [-0.15, -0.1) is 11.3 Å². The molecule has 150 valence electrons.